The van der Waals surface area contributed by atoms with Crippen LogP contribution < -0.4 is 4.74 Å². The molecule has 2 aliphatic heterocycles. The molecule has 2 bridgehead atoms. The minimum absolute atomic E-state index is 0.171. The first-order valence-electron chi connectivity index (χ1n) is 7.82. The smallest absolute Gasteiger partial charge is 0.171 e. The van der Waals surface area contributed by atoms with Gasteiger partial charge in [-0.3, -0.25) is 0 Å². The third kappa shape index (κ3) is 1.37. The molecule has 4 aliphatic rings. The Kier molecular flexibility index (Phi) is 2.59. The lowest BCUT2D eigenvalue weighted by Crippen LogP contribution is -2.64. The standard InChI is InChI=1S/C17H18INO3/c1-19-5-4-17-9-2-3-12(20)16(17)22-15-13(17)8(7-11(9)19)6-10(18)14(15)21/h2-3,6,9,11-12,16,20-21H,4-5,7H2,1H3/t9-,11+,12-,16-,17-/m0/s1. The van der Waals surface area contributed by atoms with Gasteiger partial charge < -0.3 is 19.8 Å². The first kappa shape index (κ1) is 13.6. The number of phenolic OH excluding ortho intramolecular Hbond substituents is 1. The number of rotatable bonds is 0. The molecule has 1 aromatic carbocycles. The van der Waals surface area contributed by atoms with Crippen LogP contribution >= 0.6 is 22.6 Å². The number of aliphatic hydroxyl groups is 1. The van der Waals surface area contributed by atoms with Gasteiger partial charge in [-0.25, -0.2) is 0 Å². The Morgan fingerprint density at radius 2 is 2.23 bits per heavy atom. The Bertz CT molecular complexity index is 718. The van der Waals surface area contributed by atoms with Gasteiger partial charge in [0.2, 0.25) is 0 Å². The molecule has 0 aromatic heterocycles. The maximum Gasteiger partial charge on any atom is 0.171 e. The van der Waals surface area contributed by atoms with Crippen molar-refractivity contribution in [3.05, 3.63) is 32.9 Å². The number of likely N-dealkylation sites (tertiary alicyclic amines) is 1. The van der Waals surface area contributed by atoms with Crippen molar-refractivity contribution in [1.29, 1.82) is 0 Å². The van der Waals surface area contributed by atoms with Crippen LogP contribution in [-0.2, 0) is 11.8 Å². The summed E-state index contributed by atoms with van der Waals surface area (Å²) < 4.78 is 7.00. The predicted molar refractivity (Wildman–Crippen MR) is 90.3 cm³/mol. The molecule has 0 amide bonds. The van der Waals surface area contributed by atoms with E-state index in [0.717, 1.165) is 23.0 Å². The van der Waals surface area contributed by atoms with Crippen molar-refractivity contribution < 1.29 is 14.9 Å². The lowest BCUT2D eigenvalue weighted by atomic mass is 9.53. The zero-order valence-electron chi connectivity index (χ0n) is 12.3. The molecule has 1 fully saturated rings. The Labute approximate surface area is 142 Å². The summed E-state index contributed by atoms with van der Waals surface area (Å²) in [6.45, 7) is 1.01. The van der Waals surface area contributed by atoms with E-state index in [1.165, 1.54) is 11.1 Å². The molecule has 5 rings (SSSR count). The van der Waals surface area contributed by atoms with Crippen LogP contribution in [0, 0.1) is 9.49 Å². The highest BCUT2D eigenvalue weighted by atomic mass is 127. The molecule has 22 heavy (non-hydrogen) atoms. The van der Waals surface area contributed by atoms with Gasteiger partial charge in [-0.2, -0.15) is 0 Å². The van der Waals surface area contributed by atoms with Gasteiger partial charge in [0, 0.05) is 22.9 Å². The van der Waals surface area contributed by atoms with Gasteiger partial charge in [0.05, 0.1) is 3.57 Å². The molecule has 5 atom stereocenters. The first-order valence-corrected chi connectivity index (χ1v) is 8.90. The van der Waals surface area contributed by atoms with E-state index in [0.29, 0.717) is 17.7 Å². The van der Waals surface area contributed by atoms with Crippen LogP contribution in [-0.4, -0.2) is 47.0 Å². The van der Waals surface area contributed by atoms with Crippen molar-refractivity contribution in [2.24, 2.45) is 5.92 Å². The van der Waals surface area contributed by atoms with Gasteiger partial charge in [0.25, 0.3) is 0 Å². The number of halogens is 1. The summed E-state index contributed by atoms with van der Waals surface area (Å²) in [7, 11) is 2.19. The second-order valence-corrected chi connectivity index (χ2v) is 8.21. The molecule has 0 saturated carbocycles. The quantitative estimate of drug-likeness (QED) is 0.505. The van der Waals surface area contributed by atoms with Crippen LogP contribution in [0.5, 0.6) is 11.5 Å². The minimum atomic E-state index is -0.601. The first-order chi connectivity index (χ1) is 10.5. The lowest BCUT2D eigenvalue weighted by Gasteiger charge is -2.56. The molecule has 2 aliphatic carbocycles. The zero-order chi connectivity index (χ0) is 15.2. The van der Waals surface area contributed by atoms with Gasteiger partial charge in [-0.1, -0.05) is 12.2 Å². The van der Waals surface area contributed by atoms with Gasteiger partial charge in [0.1, 0.15) is 12.2 Å². The highest BCUT2D eigenvalue weighted by Gasteiger charge is 2.64. The molecule has 1 spiro atoms. The molecule has 1 saturated heterocycles. The summed E-state index contributed by atoms with van der Waals surface area (Å²) in [4.78, 5) is 2.44. The number of nitrogens with zero attached hydrogens (tertiary/aromatic N) is 1. The number of benzene rings is 1. The molecular formula is C17H18INO3. The fourth-order valence-corrected chi connectivity index (χ4v) is 5.90. The average Bonchev–Trinajstić information content (AvgIpc) is 2.84. The molecule has 2 heterocycles. The van der Waals surface area contributed by atoms with Gasteiger partial charge in [-0.15, -0.1) is 0 Å². The minimum Gasteiger partial charge on any atom is -0.504 e. The van der Waals surface area contributed by atoms with Gasteiger partial charge >= 0.3 is 0 Å². The van der Waals surface area contributed by atoms with Crippen molar-refractivity contribution in [3.8, 4) is 11.5 Å². The van der Waals surface area contributed by atoms with Crippen LogP contribution in [0.25, 0.3) is 0 Å². The number of phenols is 1. The van der Waals surface area contributed by atoms with Crippen LogP contribution in [0.3, 0.4) is 0 Å². The number of hydrogen-bond donors (Lipinski definition) is 2. The Morgan fingerprint density at radius 1 is 1.41 bits per heavy atom. The molecule has 5 heteroatoms. The molecule has 4 nitrogen and oxygen atoms in total. The highest BCUT2D eigenvalue weighted by Crippen LogP contribution is 2.62. The molecule has 116 valence electrons. The maximum absolute atomic E-state index is 10.5. The number of piperidine rings is 1. The monoisotopic (exact) mass is 411 g/mol. The summed E-state index contributed by atoms with van der Waals surface area (Å²) in [6.07, 6.45) is 5.17. The molecule has 0 radical (unpaired) electrons. The van der Waals surface area contributed by atoms with Crippen LogP contribution in [0.2, 0.25) is 0 Å². The van der Waals surface area contributed by atoms with Gasteiger partial charge in [-0.05, 0) is 60.7 Å². The third-order valence-electron chi connectivity index (χ3n) is 6.22. The van der Waals surface area contributed by atoms with Crippen molar-refractivity contribution in [2.75, 3.05) is 13.6 Å². The van der Waals surface area contributed by atoms with Gasteiger partial charge in [0.15, 0.2) is 11.5 Å². The van der Waals surface area contributed by atoms with Crippen LogP contribution in [0.15, 0.2) is 18.2 Å². The second kappa shape index (κ2) is 4.19. The largest absolute Gasteiger partial charge is 0.504 e. The maximum atomic E-state index is 10.5. The van der Waals surface area contributed by atoms with Crippen molar-refractivity contribution in [3.63, 3.8) is 0 Å². The van der Waals surface area contributed by atoms with E-state index < -0.39 is 6.10 Å². The van der Waals surface area contributed by atoms with Crippen LogP contribution in [0.1, 0.15) is 17.5 Å². The molecular weight excluding hydrogens is 393 g/mol. The third-order valence-corrected chi connectivity index (χ3v) is 7.04. The zero-order valence-corrected chi connectivity index (χ0v) is 14.4. The van der Waals surface area contributed by atoms with Crippen molar-refractivity contribution >= 4 is 22.6 Å². The second-order valence-electron chi connectivity index (χ2n) is 7.05. The molecule has 0 unspecified atom stereocenters. The van der Waals surface area contributed by atoms with Crippen molar-refractivity contribution in [1.82, 2.24) is 4.90 Å². The summed E-state index contributed by atoms with van der Waals surface area (Å²) in [6, 6.07) is 2.55. The summed E-state index contributed by atoms with van der Waals surface area (Å²) >= 11 is 2.17. The van der Waals surface area contributed by atoms with E-state index >= 15 is 0 Å². The number of aromatic hydroxyl groups is 1. The molecule has 2 N–H and O–H groups in total. The van der Waals surface area contributed by atoms with E-state index in [2.05, 4.69) is 46.7 Å². The normalized spacial score (nSPS) is 41.2. The van der Waals surface area contributed by atoms with E-state index in [1.807, 2.05) is 6.08 Å². The topological polar surface area (TPSA) is 52.9 Å². The Morgan fingerprint density at radius 3 is 3.05 bits per heavy atom. The number of likely N-dealkylation sites (N-methyl/N-ethyl adjacent to an activating group) is 1. The van der Waals surface area contributed by atoms with Crippen LogP contribution in [0.4, 0.5) is 0 Å². The van der Waals surface area contributed by atoms with E-state index in [4.69, 9.17) is 4.74 Å². The fourth-order valence-electron chi connectivity index (χ4n) is 5.28. The summed E-state index contributed by atoms with van der Waals surface area (Å²) in [5.41, 5.74) is 2.29. The number of ether oxygens (including phenoxy) is 1. The number of aliphatic hydroxyl groups excluding tert-OH is 1. The Balaban J connectivity index is 1.85. The van der Waals surface area contributed by atoms with Crippen molar-refractivity contribution in [2.45, 2.75) is 36.5 Å². The molecule has 1 aromatic rings. The summed E-state index contributed by atoms with van der Waals surface area (Å²) in [5, 5.41) is 21.0. The van der Waals surface area contributed by atoms with E-state index in [9.17, 15) is 10.2 Å². The average molecular weight is 411 g/mol. The highest BCUT2D eigenvalue weighted by molar-refractivity contribution is 14.1. The number of hydrogen-bond acceptors (Lipinski definition) is 4. The fraction of sp³-hybridized carbons (Fsp3) is 0.529. The summed E-state index contributed by atoms with van der Waals surface area (Å²) in [5.74, 6) is 1.22. The van der Waals surface area contributed by atoms with E-state index in [-0.39, 0.29) is 17.3 Å². The lowest BCUT2D eigenvalue weighted by molar-refractivity contribution is -0.0453. The van der Waals surface area contributed by atoms with E-state index in [1.54, 1.807) is 0 Å². The predicted octanol–water partition coefficient (Wildman–Crippen LogP) is 1.80. The SMILES string of the molecule is CN1CC[C@]23c4c5cc(I)c(O)c4O[C@H]2[C@@H](O)C=C[C@H]3[C@H]1C5. The Hall–Kier alpha value is -0.790.